The first-order valence-electron chi connectivity index (χ1n) is 5.63. The number of hydrogen-bond donors (Lipinski definition) is 0. The van der Waals surface area contributed by atoms with Crippen molar-refractivity contribution in [3.05, 3.63) is 29.8 Å². The third kappa shape index (κ3) is 2.20. The predicted octanol–water partition coefficient (Wildman–Crippen LogP) is 2.88. The Morgan fingerprint density at radius 1 is 1.40 bits per heavy atom. The van der Waals surface area contributed by atoms with Gasteiger partial charge in [-0.1, -0.05) is 12.1 Å². The minimum absolute atomic E-state index is 0.598. The number of nitrogens with zero attached hydrogens (tertiary/aromatic N) is 1. The first-order valence-corrected chi connectivity index (χ1v) is 5.63. The summed E-state index contributed by atoms with van der Waals surface area (Å²) >= 11 is 0. The maximum absolute atomic E-state index is 10.7. The molecule has 1 atom stereocenters. The van der Waals surface area contributed by atoms with Gasteiger partial charge in [0.05, 0.1) is 0 Å². The van der Waals surface area contributed by atoms with Gasteiger partial charge in [0.2, 0.25) is 0 Å². The Labute approximate surface area is 90.9 Å². The van der Waals surface area contributed by atoms with Gasteiger partial charge in [-0.25, -0.2) is 0 Å². The molecule has 0 aromatic heterocycles. The quantitative estimate of drug-likeness (QED) is 0.689. The number of anilines is 1. The van der Waals surface area contributed by atoms with Crippen LogP contribution in [0.4, 0.5) is 5.69 Å². The highest BCUT2D eigenvalue weighted by Gasteiger charge is 2.18. The van der Waals surface area contributed by atoms with Gasteiger partial charge in [-0.15, -0.1) is 0 Å². The number of carbonyl (C=O) groups excluding carboxylic acids is 1. The van der Waals surface area contributed by atoms with E-state index in [1.807, 2.05) is 18.2 Å². The molecule has 1 unspecified atom stereocenters. The molecular formula is C13H17NO. The van der Waals surface area contributed by atoms with Gasteiger partial charge in [-0.2, -0.15) is 0 Å². The van der Waals surface area contributed by atoms with Gasteiger partial charge < -0.3 is 4.90 Å². The van der Waals surface area contributed by atoms with Crippen LogP contribution in [-0.2, 0) is 0 Å². The van der Waals surface area contributed by atoms with Gasteiger partial charge in [-0.3, -0.25) is 4.79 Å². The summed E-state index contributed by atoms with van der Waals surface area (Å²) in [5.74, 6) is 0. The van der Waals surface area contributed by atoms with Gasteiger partial charge in [0.25, 0.3) is 0 Å². The first kappa shape index (κ1) is 10.2. The predicted molar refractivity (Wildman–Crippen MR) is 62.5 cm³/mol. The maximum atomic E-state index is 10.7. The molecule has 2 heteroatoms. The Morgan fingerprint density at radius 2 is 2.27 bits per heavy atom. The number of benzene rings is 1. The Hall–Kier alpha value is -1.31. The van der Waals surface area contributed by atoms with Crippen LogP contribution in [-0.4, -0.2) is 18.9 Å². The Balaban J connectivity index is 2.23. The summed E-state index contributed by atoms with van der Waals surface area (Å²) in [7, 11) is 0. The monoisotopic (exact) mass is 203 g/mol. The third-order valence-electron chi connectivity index (χ3n) is 3.14. The molecule has 0 bridgehead atoms. The average Bonchev–Trinajstić information content (AvgIpc) is 2.30. The van der Waals surface area contributed by atoms with E-state index in [-0.39, 0.29) is 0 Å². The van der Waals surface area contributed by atoms with E-state index in [0.29, 0.717) is 6.04 Å². The van der Waals surface area contributed by atoms with E-state index in [1.165, 1.54) is 24.9 Å². The molecule has 0 radical (unpaired) electrons. The van der Waals surface area contributed by atoms with Crippen molar-refractivity contribution in [2.24, 2.45) is 0 Å². The van der Waals surface area contributed by atoms with Crippen LogP contribution in [0.15, 0.2) is 24.3 Å². The summed E-state index contributed by atoms with van der Waals surface area (Å²) in [5.41, 5.74) is 1.96. The Kier molecular flexibility index (Phi) is 3.05. The molecule has 1 aromatic carbocycles. The molecule has 0 aliphatic carbocycles. The maximum Gasteiger partial charge on any atom is 0.150 e. The largest absolute Gasteiger partial charge is 0.369 e. The SMILES string of the molecule is CC1CCCCN1c1cccc(C=O)c1. The summed E-state index contributed by atoms with van der Waals surface area (Å²) in [6.45, 7) is 3.37. The number of piperidine rings is 1. The number of rotatable bonds is 2. The molecule has 2 nitrogen and oxygen atoms in total. The summed E-state index contributed by atoms with van der Waals surface area (Å²) in [5, 5.41) is 0. The molecule has 1 fully saturated rings. The summed E-state index contributed by atoms with van der Waals surface area (Å²) in [6, 6.07) is 8.48. The first-order chi connectivity index (χ1) is 7.31. The second-order valence-electron chi connectivity index (χ2n) is 4.25. The zero-order valence-electron chi connectivity index (χ0n) is 9.15. The van der Waals surface area contributed by atoms with Gasteiger partial charge in [0.1, 0.15) is 6.29 Å². The molecular weight excluding hydrogens is 186 g/mol. The van der Waals surface area contributed by atoms with Crippen molar-refractivity contribution in [3.8, 4) is 0 Å². The zero-order chi connectivity index (χ0) is 10.7. The normalized spacial score (nSPS) is 21.4. The van der Waals surface area contributed by atoms with Crippen LogP contribution in [0, 0.1) is 0 Å². The molecule has 15 heavy (non-hydrogen) atoms. The van der Waals surface area contributed by atoms with Crippen LogP contribution in [0.25, 0.3) is 0 Å². The van der Waals surface area contributed by atoms with Crippen molar-refractivity contribution in [3.63, 3.8) is 0 Å². The van der Waals surface area contributed by atoms with Crippen molar-refractivity contribution in [1.82, 2.24) is 0 Å². The highest BCUT2D eigenvalue weighted by atomic mass is 16.1. The van der Waals surface area contributed by atoms with E-state index in [9.17, 15) is 4.79 Å². The van der Waals surface area contributed by atoms with Gasteiger partial charge in [0.15, 0.2) is 0 Å². The molecule has 0 saturated carbocycles. The molecule has 0 amide bonds. The van der Waals surface area contributed by atoms with Gasteiger partial charge in [0, 0.05) is 23.8 Å². The number of aldehydes is 1. The van der Waals surface area contributed by atoms with Crippen LogP contribution < -0.4 is 4.90 Å². The second kappa shape index (κ2) is 4.47. The molecule has 2 rings (SSSR count). The van der Waals surface area contributed by atoms with Crippen molar-refractivity contribution < 1.29 is 4.79 Å². The topological polar surface area (TPSA) is 20.3 Å². The third-order valence-corrected chi connectivity index (χ3v) is 3.14. The molecule has 80 valence electrons. The van der Waals surface area contributed by atoms with Crippen molar-refractivity contribution >= 4 is 12.0 Å². The number of hydrogen-bond acceptors (Lipinski definition) is 2. The Bertz CT molecular complexity index is 348. The van der Waals surface area contributed by atoms with E-state index in [2.05, 4.69) is 17.9 Å². The highest BCUT2D eigenvalue weighted by molar-refractivity contribution is 5.77. The lowest BCUT2D eigenvalue weighted by molar-refractivity contribution is 0.112. The van der Waals surface area contributed by atoms with E-state index < -0.39 is 0 Å². The zero-order valence-corrected chi connectivity index (χ0v) is 9.15. The molecule has 1 aliphatic heterocycles. The molecule has 1 aliphatic rings. The summed E-state index contributed by atoms with van der Waals surface area (Å²) in [4.78, 5) is 13.1. The number of carbonyl (C=O) groups is 1. The lowest BCUT2D eigenvalue weighted by Gasteiger charge is -2.35. The highest BCUT2D eigenvalue weighted by Crippen LogP contribution is 2.24. The summed E-state index contributed by atoms with van der Waals surface area (Å²) < 4.78 is 0. The van der Waals surface area contributed by atoms with Crippen molar-refractivity contribution in [1.29, 1.82) is 0 Å². The van der Waals surface area contributed by atoms with Crippen molar-refractivity contribution in [2.75, 3.05) is 11.4 Å². The summed E-state index contributed by atoms with van der Waals surface area (Å²) in [6.07, 6.45) is 4.75. The van der Waals surface area contributed by atoms with Gasteiger partial charge >= 0.3 is 0 Å². The minimum atomic E-state index is 0.598. The lowest BCUT2D eigenvalue weighted by Crippen LogP contribution is -2.37. The van der Waals surface area contributed by atoms with E-state index in [1.54, 1.807) is 0 Å². The second-order valence-corrected chi connectivity index (χ2v) is 4.25. The van der Waals surface area contributed by atoms with Crippen LogP contribution in [0.2, 0.25) is 0 Å². The van der Waals surface area contributed by atoms with Gasteiger partial charge in [-0.05, 0) is 38.3 Å². The molecule has 1 saturated heterocycles. The van der Waals surface area contributed by atoms with E-state index >= 15 is 0 Å². The Morgan fingerprint density at radius 3 is 3.00 bits per heavy atom. The minimum Gasteiger partial charge on any atom is -0.369 e. The average molecular weight is 203 g/mol. The lowest BCUT2D eigenvalue weighted by atomic mass is 10.0. The standard InChI is InChI=1S/C13H17NO/c1-11-5-2-3-8-14(11)13-7-4-6-12(9-13)10-15/h4,6-7,9-11H,2-3,5,8H2,1H3. The van der Waals surface area contributed by atoms with Crippen LogP contribution in [0.1, 0.15) is 36.5 Å². The fourth-order valence-electron chi connectivity index (χ4n) is 2.26. The van der Waals surface area contributed by atoms with Crippen molar-refractivity contribution in [2.45, 2.75) is 32.2 Å². The van der Waals surface area contributed by atoms with Crippen LogP contribution >= 0.6 is 0 Å². The molecule has 1 heterocycles. The van der Waals surface area contributed by atoms with E-state index in [0.717, 1.165) is 18.4 Å². The van der Waals surface area contributed by atoms with E-state index in [4.69, 9.17) is 0 Å². The molecule has 0 N–H and O–H groups in total. The molecule has 1 aromatic rings. The van der Waals surface area contributed by atoms with Crippen LogP contribution in [0.3, 0.4) is 0 Å². The molecule has 0 spiro atoms. The fraction of sp³-hybridized carbons (Fsp3) is 0.462. The fourth-order valence-corrected chi connectivity index (χ4v) is 2.26. The van der Waals surface area contributed by atoms with Crippen LogP contribution in [0.5, 0.6) is 0 Å². The smallest absolute Gasteiger partial charge is 0.150 e.